The van der Waals surface area contributed by atoms with Gasteiger partial charge >= 0.3 is 0 Å². The topological polar surface area (TPSA) is 80.5 Å². The number of carbonyl (C=O) groups is 1. The molecule has 0 saturated heterocycles. The van der Waals surface area contributed by atoms with Crippen LogP contribution in [-0.4, -0.2) is 50.9 Å². The van der Waals surface area contributed by atoms with Crippen molar-refractivity contribution >= 4 is 15.7 Å². The van der Waals surface area contributed by atoms with Gasteiger partial charge in [-0.15, -0.1) is 0 Å². The van der Waals surface area contributed by atoms with E-state index in [0.29, 0.717) is 6.42 Å². The van der Waals surface area contributed by atoms with Gasteiger partial charge in [-0.05, 0) is 6.42 Å². The Morgan fingerprint density at radius 1 is 1.43 bits per heavy atom. The molecule has 14 heavy (non-hydrogen) atoms. The van der Waals surface area contributed by atoms with Gasteiger partial charge in [-0.3, -0.25) is 4.79 Å². The number of hydrogen-bond donors (Lipinski definition) is 1. The molecule has 6 heteroatoms. The van der Waals surface area contributed by atoms with E-state index >= 15 is 0 Å². The van der Waals surface area contributed by atoms with Crippen LogP contribution < -0.4 is 5.73 Å². The Morgan fingerprint density at radius 2 is 1.93 bits per heavy atom. The zero-order valence-electron chi connectivity index (χ0n) is 8.86. The maximum atomic E-state index is 11.4. The molecule has 0 aliphatic rings. The van der Waals surface area contributed by atoms with Crippen LogP contribution in [0.2, 0.25) is 0 Å². The van der Waals surface area contributed by atoms with Gasteiger partial charge in [0.2, 0.25) is 5.91 Å². The lowest BCUT2D eigenvalue weighted by atomic mass is 10.3. The van der Waals surface area contributed by atoms with E-state index in [9.17, 15) is 13.2 Å². The van der Waals surface area contributed by atoms with Crippen molar-refractivity contribution in [2.45, 2.75) is 19.4 Å². The Morgan fingerprint density at radius 3 is 2.29 bits per heavy atom. The molecule has 1 atom stereocenters. The summed E-state index contributed by atoms with van der Waals surface area (Å²) in [5.41, 5.74) is 5.51. The van der Waals surface area contributed by atoms with Crippen LogP contribution >= 0.6 is 0 Å². The Balaban J connectivity index is 4.29. The third-order valence-electron chi connectivity index (χ3n) is 1.83. The van der Waals surface area contributed by atoms with Gasteiger partial charge in [0, 0.05) is 20.1 Å². The van der Waals surface area contributed by atoms with Gasteiger partial charge in [-0.2, -0.15) is 0 Å². The first-order chi connectivity index (χ1) is 6.28. The fraction of sp³-hybridized carbons (Fsp3) is 0.875. The first-order valence-corrected chi connectivity index (χ1v) is 6.26. The highest BCUT2D eigenvalue weighted by molar-refractivity contribution is 7.92. The molecule has 0 spiro atoms. The van der Waals surface area contributed by atoms with Crippen molar-refractivity contribution in [3.63, 3.8) is 0 Å². The Labute approximate surface area is 85.2 Å². The highest BCUT2D eigenvalue weighted by atomic mass is 32.2. The second-order valence-electron chi connectivity index (χ2n) is 3.51. The summed E-state index contributed by atoms with van der Waals surface area (Å²) in [6, 6.07) is -0.380. The van der Waals surface area contributed by atoms with E-state index in [2.05, 4.69) is 0 Å². The van der Waals surface area contributed by atoms with Crippen molar-refractivity contribution in [2.24, 2.45) is 5.73 Å². The average molecular weight is 222 g/mol. The number of hydrogen-bond acceptors (Lipinski definition) is 4. The van der Waals surface area contributed by atoms with Gasteiger partial charge in [0.1, 0.15) is 5.75 Å². The molecule has 0 rings (SSSR count). The van der Waals surface area contributed by atoms with Crippen molar-refractivity contribution in [2.75, 3.05) is 25.6 Å². The van der Waals surface area contributed by atoms with Crippen molar-refractivity contribution in [1.82, 2.24) is 4.90 Å². The Kier molecular flexibility index (Phi) is 5.07. The number of amides is 1. The number of carbonyl (C=O) groups excluding carboxylic acids is 1. The molecule has 2 N–H and O–H groups in total. The molecule has 0 aromatic heterocycles. The summed E-state index contributed by atoms with van der Waals surface area (Å²) in [7, 11) is -0.303. The maximum Gasteiger partial charge on any atom is 0.237 e. The van der Waals surface area contributed by atoms with Gasteiger partial charge in [0.05, 0.1) is 5.75 Å². The zero-order valence-corrected chi connectivity index (χ0v) is 9.67. The first-order valence-electron chi connectivity index (χ1n) is 4.44. The van der Waals surface area contributed by atoms with Crippen molar-refractivity contribution in [3.8, 4) is 0 Å². The summed E-state index contributed by atoms with van der Waals surface area (Å²) in [5.74, 6) is -0.982. The smallest absolute Gasteiger partial charge is 0.237 e. The molecule has 0 fully saturated rings. The number of sulfone groups is 1. The highest BCUT2D eigenvalue weighted by Crippen LogP contribution is 1.98. The molecular weight excluding hydrogens is 204 g/mol. The highest BCUT2D eigenvalue weighted by Gasteiger charge is 2.20. The predicted molar refractivity (Wildman–Crippen MR) is 55.6 cm³/mol. The molecule has 0 bridgehead atoms. The molecule has 0 heterocycles. The second-order valence-corrected chi connectivity index (χ2v) is 5.62. The van der Waals surface area contributed by atoms with Crippen LogP contribution in [0, 0.1) is 0 Å². The van der Waals surface area contributed by atoms with Gasteiger partial charge in [-0.25, -0.2) is 8.42 Å². The molecule has 0 saturated carbocycles. The van der Waals surface area contributed by atoms with Crippen LogP contribution in [0.1, 0.15) is 13.3 Å². The minimum Gasteiger partial charge on any atom is -0.348 e. The van der Waals surface area contributed by atoms with Crippen LogP contribution in [-0.2, 0) is 14.6 Å². The van der Waals surface area contributed by atoms with E-state index in [1.807, 2.05) is 6.92 Å². The van der Waals surface area contributed by atoms with Crippen LogP contribution in [0.3, 0.4) is 0 Å². The summed E-state index contributed by atoms with van der Waals surface area (Å²) in [4.78, 5) is 12.4. The SMILES string of the molecule is CCC(N)CS(=O)(=O)CC(=O)N(C)C. The standard InChI is InChI=1S/C8H18N2O3S/c1-4-7(9)5-14(12,13)6-8(11)10(2)3/h7H,4-6,9H2,1-3H3. The van der Waals surface area contributed by atoms with Crippen LogP contribution in [0.25, 0.3) is 0 Å². The molecule has 0 aliphatic carbocycles. The summed E-state index contributed by atoms with van der Waals surface area (Å²) in [6.07, 6.45) is 0.593. The molecule has 0 radical (unpaired) electrons. The third kappa shape index (κ3) is 5.18. The maximum absolute atomic E-state index is 11.4. The van der Waals surface area contributed by atoms with E-state index in [1.165, 1.54) is 19.0 Å². The van der Waals surface area contributed by atoms with Crippen molar-refractivity contribution in [3.05, 3.63) is 0 Å². The van der Waals surface area contributed by atoms with Crippen LogP contribution in [0.5, 0.6) is 0 Å². The third-order valence-corrected chi connectivity index (χ3v) is 3.46. The minimum absolute atomic E-state index is 0.122. The van der Waals surface area contributed by atoms with Gasteiger partial charge in [0.15, 0.2) is 9.84 Å². The molecule has 0 aromatic rings. The minimum atomic E-state index is -3.35. The van der Waals surface area contributed by atoms with Crippen LogP contribution in [0.4, 0.5) is 0 Å². The van der Waals surface area contributed by atoms with Crippen LogP contribution in [0.15, 0.2) is 0 Å². The van der Waals surface area contributed by atoms with E-state index in [-0.39, 0.29) is 11.8 Å². The quantitative estimate of drug-likeness (QED) is 0.662. The monoisotopic (exact) mass is 222 g/mol. The molecule has 84 valence electrons. The lowest BCUT2D eigenvalue weighted by Crippen LogP contribution is -2.35. The zero-order chi connectivity index (χ0) is 11.4. The largest absolute Gasteiger partial charge is 0.348 e. The molecule has 5 nitrogen and oxygen atoms in total. The number of rotatable bonds is 5. The van der Waals surface area contributed by atoms with Gasteiger partial charge in [-0.1, -0.05) is 6.92 Å². The lowest BCUT2D eigenvalue weighted by Gasteiger charge is -2.12. The predicted octanol–water partition coefficient (Wildman–Crippen LogP) is -0.773. The Hall–Kier alpha value is -0.620. The Bertz CT molecular complexity index is 285. The second kappa shape index (κ2) is 5.31. The summed E-state index contributed by atoms with van der Waals surface area (Å²) >= 11 is 0. The molecule has 0 aliphatic heterocycles. The molecule has 1 amide bonds. The number of nitrogens with zero attached hydrogens (tertiary/aromatic N) is 1. The molecular formula is C8H18N2O3S. The van der Waals surface area contributed by atoms with Crippen molar-refractivity contribution < 1.29 is 13.2 Å². The molecule has 1 unspecified atom stereocenters. The van der Waals surface area contributed by atoms with E-state index in [4.69, 9.17) is 5.73 Å². The van der Waals surface area contributed by atoms with E-state index < -0.39 is 21.5 Å². The van der Waals surface area contributed by atoms with Gasteiger partial charge < -0.3 is 10.6 Å². The lowest BCUT2D eigenvalue weighted by molar-refractivity contribution is -0.125. The summed E-state index contributed by atoms with van der Waals surface area (Å²) in [6.45, 7) is 1.81. The fourth-order valence-corrected chi connectivity index (χ4v) is 2.46. The summed E-state index contributed by atoms with van der Waals surface area (Å²) in [5, 5.41) is 0. The van der Waals surface area contributed by atoms with Crippen molar-refractivity contribution in [1.29, 1.82) is 0 Å². The van der Waals surface area contributed by atoms with E-state index in [1.54, 1.807) is 0 Å². The van der Waals surface area contributed by atoms with E-state index in [0.717, 1.165) is 0 Å². The number of nitrogens with two attached hydrogens (primary N) is 1. The molecule has 0 aromatic carbocycles. The normalized spacial score (nSPS) is 13.7. The first kappa shape index (κ1) is 13.4. The average Bonchev–Trinajstić information content (AvgIpc) is 2.02. The fourth-order valence-electron chi connectivity index (χ4n) is 0.820. The summed E-state index contributed by atoms with van der Waals surface area (Å²) < 4.78 is 22.8. The van der Waals surface area contributed by atoms with Gasteiger partial charge in [0.25, 0.3) is 0 Å².